The molecule has 3 aromatic rings. The third kappa shape index (κ3) is 4.59. The molecule has 1 aromatic carbocycles. The van der Waals surface area contributed by atoms with Crippen LogP contribution in [-0.2, 0) is 19.4 Å². The maximum absolute atomic E-state index is 14.1. The summed E-state index contributed by atoms with van der Waals surface area (Å²) in [5.74, 6) is 0.442. The number of aliphatic hydroxyl groups excluding tert-OH is 2. The lowest BCUT2D eigenvalue weighted by molar-refractivity contribution is 0.0578. The highest BCUT2D eigenvalue weighted by Gasteiger charge is 2.38. The van der Waals surface area contributed by atoms with Gasteiger partial charge in [0.25, 0.3) is 5.91 Å². The van der Waals surface area contributed by atoms with Gasteiger partial charge in [-0.25, -0.2) is 0 Å². The van der Waals surface area contributed by atoms with Crippen LogP contribution in [0.2, 0.25) is 0 Å². The molecule has 38 heavy (non-hydrogen) atoms. The molecule has 2 aliphatic rings. The molecule has 4 heterocycles. The van der Waals surface area contributed by atoms with E-state index >= 15 is 0 Å². The van der Waals surface area contributed by atoms with Gasteiger partial charge in [0.1, 0.15) is 11.4 Å². The number of rotatable bonds is 7. The van der Waals surface area contributed by atoms with Crippen LogP contribution in [0.15, 0.2) is 29.6 Å². The van der Waals surface area contributed by atoms with Crippen LogP contribution in [0.4, 0.5) is 0 Å². The van der Waals surface area contributed by atoms with Crippen molar-refractivity contribution in [1.82, 2.24) is 9.47 Å². The number of hydrogen-bond donors (Lipinski definition) is 2. The molecule has 0 unspecified atom stereocenters. The Morgan fingerprint density at radius 2 is 1.97 bits per heavy atom. The van der Waals surface area contributed by atoms with Gasteiger partial charge in [-0.05, 0) is 81.2 Å². The lowest BCUT2D eigenvalue weighted by atomic mass is 9.90. The minimum absolute atomic E-state index is 0.0697. The normalized spacial score (nSPS) is 15.9. The largest absolute Gasteiger partial charge is 0.496 e. The Morgan fingerprint density at radius 1 is 1.18 bits per heavy atom. The van der Waals surface area contributed by atoms with Crippen molar-refractivity contribution in [2.75, 3.05) is 20.3 Å². The van der Waals surface area contributed by atoms with Gasteiger partial charge in [0, 0.05) is 41.1 Å². The fraction of sp³-hybridized carbons (Fsp3) is 0.467. The topological polar surface area (TPSA) is 92.0 Å². The molecule has 0 saturated heterocycles. The number of thiophene rings is 1. The number of carbonyl (C=O) groups is 2. The Kier molecular flexibility index (Phi) is 7.24. The molecule has 2 aliphatic heterocycles. The summed E-state index contributed by atoms with van der Waals surface area (Å²) >= 11 is 1.67. The maximum atomic E-state index is 14.1. The molecule has 202 valence electrons. The first-order chi connectivity index (χ1) is 18.2. The van der Waals surface area contributed by atoms with Gasteiger partial charge in [0.05, 0.1) is 31.1 Å². The Balaban J connectivity index is 1.71. The SMILES string of the molecule is COc1cc2c(cc1C(=O)CC[C@@H](O)CO)-c1c(-c3cccs3)c3c(n1CC2)C(=O)N(C(C)(C)C)CCC3. The first kappa shape index (κ1) is 26.7. The number of methoxy groups -OCH3 is 1. The van der Waals surface area contributed by atoms with Gasteiger partial charge in [-0.3, -0.25) is 9.59 Å². The van der Waals surface area contributed by atoms with Crippen molar-refractivity contribution in [2.24, 2.45) is 0 Å². The molecular weight excluding hydrogens is 500 g/mol. The Morgan fingerprint density at radius 3 is 2.63 bits per heavy atom. The number of aryl methyl sites for hydroxylation is 1. The predicted octanol–water partition coefficient (Wildman–Crippen LogP) is 4.95. The molecule has 0 radical (unpaired) electrons. The quantitative estimate of drug-likeness (QED) is 0.417. The van der Waals surface area contributed by atoms with Gasteiger partial charge in [0.2, 0.25) is 0 Å². The van der Waals surface area contributed by atoms with Crippen molar-refractivity contribution in [2.45, 2.75) is 71.1 Å². The number of carbonyl (C=O) groups excluding carboxylic acids is 2. The number of benzene rings is 1. The summed E-state index contributed by atoms with van der Waals surface area (Å²) in [5.41, 5.74) is 6.18. The maximum Gasteiger partial charge on any atom is 0.271 e. The number of Topliss-reactive ketones (excluding diaryl/α,β-unsaturated/α-hetero) is 1. The molecule has 5 rings (SSSR count). The number of fused-ring (bicyclic) bond motifs is 5. The monoisotopic (exact) mass is 536 g/mol. The van der Waals surface area contributed by atoms with E-state index in [1.54, 1.807) is 18.4 Å². The molecule has 0 bridgehead atoms. The van der Waals surface area contributed by atoms with Crippen LogP contribution in [-0.4, -0.2) is 63.3 Å². The summed E-state index contributed by atoms with van der Waals surface area (Å²) in [4.78, 5) is 30.5. The first-order valence-corrected chi connectivity index (χ1v) is 14.2. The van der Waals surface area contributed by atoms with Crippen LogP contribution < -0.4 is 4.74 Å². The van der Waals surface area contributed by atoms with E-state index in [1.165, 1.54) is 0 Å². The number of amides is 1. The fourth-order valence-corrected chi connectivity index (χ4v) is 6.62. The molecule has 0 saturated carbocycles. The molecular formula is C30H36N2O5S. The zero-order valence-corrected chi connectivity index (χ0v) is 23.4. The number of hydrogen-bond acceptors (Lipinski definition) is 6. The van der Waals surface area contributed by atoms with Crippen molar-refractivity contribution in [3.63, 3.8) is 0 Å². The van der Waals surface area contributed by atoms with Crippen molar-refractivity contribution < 1.29 is 24.5 Å². The van der Waals surface area contributed by atoms with E-state index in [0.717, 1.165) is 64.3 Å². The molecule has 0 aliphatic carbocycles. The fourth-order valence-electron chi connectivity index (χ4n) is 5.82. The molecule has 1 amide bonds. The highest BCUT2D eigenvalue weighted by Crippen LogP contribution is 2.47. The Hall–Kier alpha value is -2.94. The van der Waals surface area contributed by atoms with Crippen LogP contribution in [0.5, 0.6) is 5.75 Å². The smallest absolute Gasteiger partial charge is 0.271 e. The highest BCUT2D eigenvalue weighted by molar-refractivity contribution is 7.13. The second-order valence-electron chi connectivity index (χ2n) is 11.2. The van der Waals surface area contributed by atoms with Crippen LogP contribution in [0.25, 0.3) is 21.7 Å². The molecule has 1 atom stereocenters. The summed E-state index contributed by atoms with van der Waals surface area (Å²) in [6.45, 7) is 7.29. The van der Waals surface area contributed by atoms with Gasteiger partial charge in [0.15, 0.2) is 5.78 Å². The van der Waals surface area contributed by atoms with E-state index < -0.39 is 6.10 Å². The van der Waals surface area contributed by atoms with Crippen LogP contribution in [0.1, 0.15) is 72.0 Å². The van der Waals surface area contributed by atoms with Gasteiger partial charge in [-0.1, -0.05) is 6.07 Å². The van der Waals surface area contributed by atoms with Crippen molar-refractivity contribution in [3.05, 3.63) is 52.0 Å². The number of nitrogens with zero attached hydrogens (tertiary/aromatic N) is 2. The zero-order chi connectivity index (χ0) is 27.2. The van der Waals surface area contributed by atoms with E-state index in [0.29, 0.717) is 17.9 Å². The molecule has 7 nitrogen and oxygen atoms in total. The van der Waals surface area contributed by atoms with E-state index in [1.807, 2.05) is 23.1 Å². The summed E-state index contributed by atoms with van der Waals surface area (Å²) < 4.78 is 7.81. The van der Waals surface area contributed by atoms with Gasteiger partial charge in [-0.15, -0.1) is 11.3 Å². The number of aliphatic hydroxyl groups is 2. The van der Waals surface area contributed by atoms with Gasteiger partial charge >= 0.3 is 0 Å². The minimum atomic E-state index is -0.933. The van der Waals surface area contributed by atoms with E-state index in [-0.39, 0.29) is 36.7 Å². The van der Waals surface area contributed by atoms with E-state index in [9.17, 15) is 19.8 Å². The molecule has 2 aromatic heterocycles. The first-order valence-electron chi connectivity index (χ1n) is 13.3. The van der Waals surface area contributed by atoms with Crippen molar-refractivity contribution in [1.29, 1.82) is 0 Å². The second kappa shape index (κ2) is 10.3. The Bertz CT molecular complexity index is 1370. The molecule has 0 fully saturated rings. The minimum Gasteiger partial charge on any atom is -0.496 e. The summed E-state index contributed by atoms with van der Waals surface area (Å²) in [6.07, 6.45) is 1.78. The highest BCUT2D eigenvalue weighted by atomic mass is 32.1. The lowest BCUT2D eigenvalue weighted by Gasteiger charge is -2.35. The average molecular weight is 537 g/mol. The molecule has 0 spiro atoms. The van der Waals surface area contributed by atoms with Crippen molar-refractivity contribution >= 4 is 23.0 Å². The van der Waals surface area contributed by atoms with E-state index in [2.05, 4.69) is 36.8 Å². The van der Waals surface area contributed by atoms with Crippen molar-refractivity contribution in [3.8, 4) is 27.4 Å². The second-order valence-corrected chi connectivity index (χ2v) is 12.1. The number of aromatic nitrogens is 1. The predicted molar refractivity (Wildman–Crippen MR) is 149 cm³/mol. The standard InChI is InChI=1S/C30H36N2O5S/c1-30(2,3)32-12-5-7-20-26(25-8-6-14-38-25)27-21-16-22(23(35)10-9-19(34)17-33)24(37-4)15-18(21)11-13-31(27)28(20)29(32)36/h6,8,14-16,19,33-34H,5,7,9-13,17H2,1-4H3/t19-/m1/s1. The van der Waals surface area contributed by atoms with Crippen LogP contribution in [0.3, 0.4) is 0 Å². The van der Waals surface area contributed by atoms with E-state index in [4.69, 9.17) is 4.74 Å². The average Bonchev–Trinajstić information content (AvgIpc) is 3.49. The number of ketones is 1. The number of ether oxygens (including phenoxy) is 1. The molecule has 2 N–H and O–H groups in total. The van der Waals surface area contributed by atoms with Crippen LogP contribution in [0, 0.1) is 0 Å². The Labute approximate surface area is 227 Å². The lowest BCUT2D eigenvalue weighted by Crippen LogP contribution is -2.46. The summed E-state index contributed by atoms with van der Waals surface area (Å²) in [7, 11) is 1.56. The van der Waals surface area contributed by atoms with Crippen LogP contribution >= 0.6 is 11.3 Å². The third-order valence-corrected chi connectivity index (χ3v) is 8.59. The summed E-state index contributed by atoms with van der Waals surface area (Å²) in [6, 6.07) is 8.01. The molecule has 8 heteroatoms. The van der Waals surface area contributed by atoms with Gasteiger partial charge in [-0.2, -0.15) is 0 Å². The van der Waals surface area contributed by atoms with Gasteiger partial charge < -0.3 is 24.4 Å². The zero-order valence-electron chi connectivity index (χ0n) is 22.5. The summed E-state index contributed by atoms with van der Waals surface area (Å²) in [5, 5.41) is 21.0. The third-order valence-electron chi connectivity index (χ3n) is 7.70.